The lowest BCUT2D eigenvalue weighted by molar-refractivity contribution is 0.102. The molecule has 2 heterocycles. The zero-order valence-corrected chi connectivity index (χ0v) is 16.4. The fourth-order valence-electron chi connectivity index (χ4n) is 3.35. The number of benzene rings is 2. The van der Waals surface area contributed by atoms with Crippen molar-refractivity contribution in [2.75, 3.05) is 41.8 Å². The maximum atomic E-state index is 12.7. The number of rotatable bonds is 5. The Hall–Kier alpha value is -3.38. The predicted molar refractivity (Wildman–Crippen MR) is 116 cm³/mol. The molecule has 2 aromatic carbocycles. The van der Waals surface area contributed by atoms with Gasteiger partial charge in [0.1, 0.15) is 5.69 Å². The van der Waals surface area contributed by atoms with Crippen LogP contribution in [-0.2, 0) is 4.74 Å². The zero-order valence-electron chi connectivity index (χ0n) is 16.4. The van der Waals surface area contributed by atoms with Crippen molar-refractivity contribution in [2.24, 2.45) is 0 Å². The second kappa shape index (κ2) is 8.75. The Kier molecular flexibility index (Phi) is 5.72. The third kappa shape index (κ3) is 4.55. The Morgan fingerprint density at radius 1 is 1.00 bits per heavy atom. The molecule has 0 unspecified atom stereocenters. The molecule has 29 heavy (non-hydrogen) atoms. The van der Waals surface area contributed by atoms with E-state index in [-0.39, 0.29) is 5.91 Å². The number of pyridine rings is 1. The van der Waals surface area contributed by atoms with Crippen LogP contribution >= 0.6 is 0 Å². The summed E-state index contributed by atoms with van der Waals surface area (Å²) in [5, 5.41) is 6.37. The lowest BCUT2D eigenvalue weighted by atomic mass is 10.2. The van der Waals surface area contributed by atoms with Gasteiger partial charge in [0.05, 0.1) is 24.6 Å². The van der Waals surface area contributed by atoms with Crippen molar-refractivity contribution in [3.05, 3.63) is 78.1 Å². The van der Waals surface area contributed by atoms with E-state index in [1.807, 2.05) is 55.5 Å². The number of para-hydroxylation sites is 3. The minimum atomic E-state index is -0.232. The van der Waals surface area contributed by atoms with Crippen molar-refractivity contribution in [1.29, 1.82) is 0 Å². The third-order valence-corrected chi connectivity index (χ3v) is 4.92. The standard InChI is InChI=1S/C23H24N4O2/c1-17-6-2-3-7-19(17)26-23(28)21-16-18(10-11-24-21)25-20-8-4-5-9-22(20)27-12-14-29-15-13-27/h2-11,16H,12-15H2,1H3,(H,24,25)(H,26,28). The van der Waals surface area contributed by atoms with E-state index < -0.39 is 0 Å². The molecule has 6 heteroatoms. The van der Waals surface area contributed by atoms with Crippen molar-refractivity contribution in [1.82, 2.24) is 4.98 Å². The Morgan fingerprint density at radius 3 is 2.52 bits per heavy atom. The van der Waals surface area contributed by atoms with E-state index in [4.69, 9.17) is 4.74 Å². The number of nitrogens with one attached hydrogen (secondary N) is 2. The summed E-state index contributed by atoms with van der Waals surface area (Å²) < 4.78 is 5.46. The highest BCUT2D eigenvalue weighted by molar-refractivity contribution is 6.03. The molecule has 1 fully saturated rings. The number of anilines is 4. The topological polar surface area (TPSA) is 66.5 Å². The van der Waals surface area contributed by atoms with Gasteiger partial charge in [-0.2, -0.15) is 0 Å². The van der Waals surface area contributed by atoms with Crippen LogP contribution in [0.5, 0.6) is 0 Å². The summed E-state index contributed by atoms with van der Waals surface area (Å²) in [6.45, 7) is 5.14. The average Bonchev–Trinajstić information content (AvgIpc) is 2.76. The molecule has 0 aliphatic carbocycles. The summed E-state index contributed by atoms with van der Waals surface area (Å²) in [4.78, 5) is 19.2. The molecular weight excluding hydrogens is 364 g/mol. The first-order valence-corrected chi connectivity index (χ1v) is 9.72. The van der Waals surface area contributed by atoms with E-state index in [2.05, 4.69) is 26.6 Å². The minimum absolute atomic E-state index is 0.232. The van der Waals surface area contributed by atoms with Gasteiger partial charge in [-0.15, -0.1) is 0 Å². The highest BCUT2D eigenvalue weighted by Gasteiger charge is 2.15. The van der Waals surface area contributed by atoms with Gasteiger partial charge in [-0.1, -0.05) is 30.3 Å². The number of hydrogen-bond donors (Lipinski definition) is 2. The van der Waals surface area contributed by atoms with Gasteiger partial charge in [-0.25, -0.2) is 0 Å². The summed E-state index contributed by atoms with van der Waals surface area (Å²) in [5.74, 6) is -0.232. The molecule has 0 radical (unpaired) electrons. The van der Waals surface area contributed by atoms with Crippen molar-refractivity contribution < 1.29 is 9.53 Å². The van der Waals surface area contributed by atoms with Crippen LogP contribution in [-0.4, -0.2) is 37.2 Å². The number of carbonyl (C=O) groups is 1. The van der Waals surface area contributed by atoms with Gasteiger partial charge in [-0.05, 0) is 42.8 Å². The van der Waals surface area contributed by atoms with Crippen LogP contribution in [0.1, 0.15) is 16.1 Å². The largest absolute Gasteiger partial charge is 0.378 e. The van der Waals surface area contributed by atoms with Crippen molar-refractivity contribution >= 4 is 28.7 Å². The summed E-state index contributed by atoms with van der Waals surface area (Å²) in [5.41, 5.74) is 5.09. The van der Waals surface area contributed by atoms with Crippen LogP contribution < -0.4 is 15.5 Å². The van der Waals surface area contributed by atoms with Crippen molar-refractivity contribution in [3.8, 4) is 0 Å². The molecule has 4 rings (SSSR count). The van der Waals surface area contributed by atoms with Crippen molar-refractivity contribution in [2.45, 2.75) is 6.92 Å². The van der Waals surface area contributed by atoms with E-state index in [9.17, 15) is 4.79 Å². The van der Waals surface area contributed by atoms with Gasteiger partial charge in [0, 0.05) is 30.7 Å². The Balaban J connectivity index is 1.53. The number of aryl methyl sites for hydroxylation is 1. The summed E-state index contributed by atoms with van der Waals surface area (Å²) in [7, 11) is 0. The van der Waals surface area contributed by atoms with Crippen LogP contribution in [0.4, 0.5) is 22.7 Å². The van der Waals surface area contributed by atoms with E-state index in [1.54, 1.807) is 12.3 Å². The van der Waals surface area contributed by atoms with Gasteiger partial charge in [-0.3, -0.25) is 9.78 Å². The van der Waals surface area contributed by atoms with Gasteiger partial charge >= 0.3 is 0 Å². The van der Waals surface area contributed by atoms with Gasteiger partial charge in [0.15, 0.2) is 0 Å². The molecular formula is C23H24N4O2. The lowest BCUT2D eigenvalue weighted by Crippen LogP contribution is -2.36. The second-order valence-electron chi connectivity index (χ2n) is 6.94. The highest BCUT2D eigenvalue weighted by atomic mass is 16.5. The molecule has 0 saturated carbocycles. The van der Waals surface area contributed by atoms with Gasteiger partial charge < -0.3 is 20.3 Å². The van der Waals surface area contributed by atoms with Crippen LogP contribution in [0.3, 0.4) is 0 Å². The fourth-order valence-corrected chi connectivity index (χ4v) is 3.35. The number of amides is 1. The number of hydrogen-bond acceptors (Lipinski definition) is 5. The fraction of sp³-hybridized carbons (Fsp3) is 0.217. The van der Waals surface area contributed by atoms with E-state index >= 15 is 0 Å². The molecule has 6 nitrogen and oxygen atoms in total. The van der Waals surface area contributed by atoms with Crippen molar-refractivity contribution in [3.63, 3.8) is 0 Å². The third-order valence-electron chi connectivity index (χ3n) is 4.92. The van der Waals surface area contributed by atoms with Gasteiger partial charge in [0.2, 0.25) is 0 Å². The van der Waals surface area contributed by atoms with Gasteiger partial charge in [0.25, 0.3) is 5.91 Å². The normalized spacial score (nSPS) is 13.8. The number of aromatic nitrogens is 1. The number of carbonyl (C=O) groups excluding carboxylic acids is 1. The highest BCUT2D eigenvalue weighted by Crippen LogP contribution is 2.29. The van der Waals surface area contributed by atoms with Crippen LogP contribution in [0, 0.1) is 6.92 Å². The minimum Gasteiger partial charge on any atom is -0.378 e. The maximum Gasteiger partial charge on any atom is 0.274 e. The summed E-state index contributed by atoms with van der Waals surface area (Å²) in [6, 6.07) is 19.5. The van der Waals surface area contributed by atoms with E-state index in [0.29, 0.717) is 5.69 Å². The van der Waals surface area contributed by atoms with Crippen LogP contribution in [0.25, 0.3) is 0 Å². The molecule has 0 spiro atoms. The molecule has 1 aromatic heterocycles. The Morgan fingerprint density at radius 2 is 1.72 bits per heavy atom. The first-order valence-electron chi connectivity index (χ1n) is 9.72. The zero-order chi connectivity index (χ0) is 20.1. The second-order valence-corrected chi connectivity index (χ2v) is 6.94. The molecule has 3 aromatic rings. The van der Waals surface area contributed by atoms with E-state index in [0.717, 1.165) is 54.6 Å². The molecule has 0 atom stereocenters. The first-order chi connectivity index (χ1) is 14.2. The quantitative estimate of drug-likeness (QED) is 0.685. The molecule has 1 amide bonds. The monoisotopic (exact) mass is 388 g/mol. The molecule has 1 aliphatic rings. The van der Waals surface area contributed by atoms with E-state index in [1.165, 1.54) is 0 Å². The Labute approximate surface area is 170 Å². The van der Waals surface area contributed by atoms with Crippen LogP contribution in [0.15, 0.2) is 66.9 Å². The number of morpholine rings is 1. The molecule has 0 bridgehead atoms. The predicted octanol–water partition coefficient (Wildman–Crippen LogP) is 4.22. The van der Waals surface area contributed by atoms with Crippen LogP contribution in [0.2, 0.25) is 0 Å². The summed E-state index contributed by atoms with van der Waals surface area (Å²) >= 11 is 0. The molecule has 1 aliphatic heterocycles. The number of nitrogens with zero attached hydrogens (tertiary/aromatic N) is 2. The summed E-state index contributed by atoms with van der Waals surface area (Å²) in [6.07, 6.45) is 1.65. The molecule has 1 saturated heterocycles. The molecule has 2 N–H and O–H groups in total. The number of ether oxygens (including phenoxy) is 1. The smallest absolute Gasteiger partial charge is 0.274 e. The SMILES string of the molecule is Cc1ccccc1NC(=O)c1cc(Nc2ccccc2N2CCOCC2)ccn1. The average molecular weight is 388 g/mol. The maximum absolute atomic E-state index is 12.7. The Bertz CT molecular complexity index is 999. The first kappa shape index (κ1) is 19.0. The lowest BCUT2D eigenvalue weighted by Gasteiger charge is -2.30. The molecule has 148 valence electrons.